The van der Waals surface area contributed by atoms with Crippen LogP contribution in [0.2, 0.25) is 5.02 Å². The van der Waals surface area contributed by atoms with Gasteiger partial charge < -0.3 is 4.42 Å². The summed E-state index contributed by atoms with van der Waals surface area (Å²) in [6.45, 7) is 0. The minimum absolute atomic E-state index is 0.419. The predicted octanol–water partition coefficient (Wildman–Crippen LogP) is 4.51. The number of rotatable bonds is 5. The molecule has 3 nitrogen and oxygen atoms in total. The Kier molecular flexibility index (Phi) is 4.53. The first-order valence-electron chi connectivity index (χ1n) is 6.29. The largest absolute Gasteiger partial charge is 0.462 e. The minimum atomic E-state index is -1.04. The van der Waals surface area contributed by atoms with E-state index in [0.717, 1.165) is 22.0 Å². The van der Waals surface area contributed by atoms with Gasteiger partial charge in [0.05, 0.1) is 23.5 Å². The third-order valence-corrected chi connectivity index (χ3v) is 5.39. The van der Waals surface area contributed by atoms with Crippen molar-refractivity contribution in [1.29, 1.82) is 0 Å². The van der Waals surface area contributed by atoms with Crippen molar-refractivity contribution in [3.8, 4) is 10.8 Å². The third-order valence-electron chi connectivity index (χ3n) is 2.87. The molecule has 1 aromatic carbocycles. The van der Waals surface area contributed by atoms with E-state index in [-0.39, 0.29) is 0 Å². The van der Waals surface area contributed by atoms with Gasteiger partial charge in [-0.05, 0) is 23.8 Å². The number of hydrogen-bond acceptors (Lipinski definition) is 4. The monoisotopic (exact) mass is 337 g/mol. The highest BCUT2D eigenvalue weighted by molar-refractivity contribution is 7.83. The van der Waals surface area contributed by atoms with Gasteiger partial charge in [0.15, 0.2) is 10.8 Å². The van der Waals surface area contributed by atoms with Gasteiger partial charge in [-0.1, -0.05) is 29.8 Å². The molecule has 0 spiro atoms. The maximum absolute atomic E-state index is 12.2. The maximum Gasteiger partial charge on any atom is 0.162 e. The second-order valence-electron chi connectivity index (χ2n) is 4.44. The number of thiazole rings is 1. The van der Waals surface area contributed by atoms with Crippen molar-refractivity contribution in [2.24, 2.45) is 0 Å². The number of hydrogen-bond donors (Lipinski definition) is 0. The average molecular weight is 338 g/mol. The molecule has 2 heterocycles. The fourth-order valence-electron chi connectivity index (χ4n) is 1.89. The van der Waals surface area contributed by atoms with E-state index in [1.54, 1.807) is 6.26 Å². The van der Waals surface area contributed by atoms with Crippen molar-refractivity contribution < 1.29 is 8.63 Å². The Morgan fingerprint density at radius 3 is 2.81 bits per heavy atom. The Bertz CT molecular complexity index is 753. The highest BCUT2D eigenvalue weighted by atomic mass is 35.5. The molecule has 0 radical (unpaired) electrons. The minimum Gasteiger partial charge on any atom is -0.462 e. The summed E-state index contributed by atoms with van der Waals surface area (Å²) >= 11 is 7.58. The van der Waals surface area contributed by atoms with Gasteiger partial charge in [0.25, 0.3) is 0 Å². The van der Waals surface area contributed by atoms with E-state index in [4.69, 9.17) is 16.0 Å². The average Bonchev–Trinajstić information content (AvgIpc) is 3.12. The van der Waals surface area contributed by atoms with Gasteiger partial charge in [-0.15, -0.1) is 11.3 Å². The Morgan fingerprint density at radius 1 is 1.19 bits per heavy atom. The number of benzene rings is 1. The number of halogens is 1. The summed E-state index contributed by atoms with van der Waals surface area (Å²) in [5.74, 6) is 1.60. The Morgan fingerprint density at radius 2 is 2.05 bits per heavy atom. The smallest absolute Gasteiger partial charge is 0.162 e. The Balaban J connectivity index is 1.67. The zero-order chi connectivity index (χ0) is 14.7. The summed E-state index contributed by atoms with van der Waals surface area (Å²) in [6.07, 6.45) is 1.62. The lowest BCUT2D eigenvalue weighted by molar-refractivity contribution is 0.581. The first-order valence-corrected chi connectivity index (χ1v) is 9.03. The predicted molar refractivity (Wildman–Crippen MR) is 86.8 cm³/mol. The van der Waals surface area contributed by atoms with Crippen LogP contribution >= 0.6 is 22.9 Å². The SMILES string of the molecule is O=S(Cc1csc(-c2ccco2)n1)Cc1ccccc1Cl. The molecule has 0 saturated heterocycles. The first kappa shape index (κ1) is 14.5. The van der Waals surface area contributed by atoms with E-state index in [1.165, 1.54) is 11.3 Å². The van der Waals surface area contributed by atoms with E-state index in [2.05, 4.69) is 4.98 Å². The van der Waals surface area contributed by atoms with Crippen LogP contribution < -0.4 is 0 Å². The second kappa shape index (κ2) is 6.56. The van der Waals surface area contributed by atoms with Gasteiger partial charge in [-0.2, -0.15) is 0 Å². The summed E-state index contributed by atoms with van der Waals surface area (Å²) in [5.41, 5.74) is 1.72. The van der Waals surface area contributed by atoms with Gasteiger partial charge in [0.1, 0.15) is 0 Å². The second-order valence-corrected chi connectivity index (χ2v) is 7.16. The van der Waals surface area contributed by atoms with Crippen LogP contribution in [0.1, 0.15) is 11.3 Å². The highest BCUT2D eigenvalue weighted by Gasteiger charge is 2.11. The number of furan rings is 1. The molecule has 2 aromatic heterocycles. The first-order chi connectivity index (χ1) is 10.2. The van der Waals surface area contributed by atoms with Crippen molar-refractivity contribution in [3.63, 3.8) is 0 Å². The fourth-order valence-corrected chi connectivity index (χ4v) is 4.24. The number of nitrogens with zero attached hydrogens (tertiary/aromatic N) is 1. The lowest BCUT2D eigenvalue weighted by Crippen LogP contribution is -2.00. The van der Waals surface area contributed by atoms with E-state index in [1.807, 2.05) is 41.8 Å². The summed E-state index contributed by atoms with van der Waals surface area (Å²) in [6, 6.07) is 11.2. The number of aromatic nitrogens is 1. The van der Waals surface area contributed by atoms with Crippen LogP contribution in [0, 0.1) is 0 Å². The molecule has 0 fully saturated rings. The highest BCUT2D eigenvalue weighted by Crippen LogP contribution is 2.25. The zero-order valence-corrected chi connectivity index (χ0v) is 13.4. The zero-order valence-electron chi connectivity index (χ0n) is 11.0. The van der Waals surface area contributed by atoms with Crippen molar-refractivity contribution in [2.75, 3.05) is 0 Å². The van der Waals surface area contributed by atoms with Crippen LogP contribution in [-0.2, 0) is 22.3 Å². The van der Waals surface area contributed by atoms with Crippen molar-refractivity contribution in [2.45, 2.75) is 11.5 Å². The molecule has 0 aliphatic heterocycles. The summed E-state index contributed by atoms with van der Waals surface area (Å²) in [5, 5.41) is 3.38. The van der Waals surface area contributed by atoms with Crippen molar-refractivity contribution >= 4 is 33.7 Å². The van der Waals surface area contributed by atoms with E-state index < -0.39 is 10.8 Å². The molecule has 1 unspecified atom stereocenters. The van der Waals surface area contributed by atoms with Gasteiger partial charge >= 0.3 is 0 Å². The standard InChI is InChI=1S/C15H12ClNO2S2/c16-13-5-2-1-4-11(13)9-21(18)10-12-8-20-15(17-12)14-6-3-7-19-14/h1-8H,9-10H2. The summed E-state index contributed by atoms with van der Waals surface area (Å²) < 4.78 is 17.5. The van der Waals surface area contributed by atoms with Gasteiger partial charge in [0, 0.05) is 21.2 Å². The summed E-state index contributed by atoms with van der Waals surface area (Å²) in [7, 11) is -1.04. The Hall–Kier alpha value is -1.43. The van der Waals surface area contributed by atoms with Crippen LogP contribution in [0.25, 0.3) is 10.8 Å². The molecule has 0 saturated carbocycles. The molecule has 3 rings (SSSR count). The fraction of sp³-hybridized carbons (Fsp3) is 0.133. The van der Waals surface area contributed by atoms with Gasteiger partial charge in [-0.3, -0.25) is 4.21 Å². The third kappa shape index (κ3) is 3.61. The molecule has 0 amide bonds. The quantitative estimate of drug-likeness (QED) is 0.688. The molecule has 3 aromatic rings. The molecule has 0 bridgehead atoms. The molecular weight excluding hydrogens is 326 g/mol. The normalized spacial score (nSPS) is 12.4. The molecule has 6 heteroatoms. The molecule has 0 N–H and O–H groups in total. The van der Waals surface area contributed by atoms with E-state index >= 15 is 0 Å². The van der Waals surface area contributed by atoms with E-state index in [9.17, 15) is 4.21 Å². The van der Waals surface area contributed by atoms with Gasteiger partial charge in [-0.25, -0.2) is 4.98 Å². The van der Waals surface area contributed by atoms with Crippen molar-refractivity contribution in [1.82, 2.24) is 4.98 Å². The molecular formula is C15H12ClNO2S2. The molecule has 108 valence electrons. The molecule has 0 aliphatic rings. The molecule has 21 heavy (non-hydrogen) atoms. The topological polar surface area (TPSA) is 43.1 Å². The molecule has 1 atom stereocenters. The van der Waals surface area contributed by atoms with Crippen molar-refractivity contribution in [3.05, 3.63) is 64.3 Å². The van der Waals surface area contributed by atoms with Crippen LogP contribution in [0.15, 0.2) is 52.5 Å². The Labute approximate surface area is 134 Å². The van der Waals surface area contributed by atoms with Crippen LogP contribution in [0.5, 0.6) is 0 Å². The van der Waals surface area contributed by atoms with Crippen LogP contribution in [0.3, 0.4) is 0 Å². The lowest BCUT2D eigenvalue weighted by atomic mass is 10.2. The van der Waals surface area contributed by atoms with Gasteiger partial charge in [0.2, 0.25) is 0 Å². The maximum atomic E-state index is 12.2. The van der Waals surface area contributed by atoms with Crippen LogP contribution in [0.4, 0.5) is 0 Å². The lowest BCUT2D eigenvalue weighted by Gasteiger charge is -2.03. The van der Waals surface area contributed by atoms with Crippen LogP contribution in [-0.4, -0.2) is 9.19 Å². The molecule has 0 aliphatic carbocycles. The summed E-state index contributed by atoms with van der Waals surface area (Å²) in [4.78, 5) is 4.46. The van der Waals surface area contributed by atoms with E-state index in [0.29, 0.717) is 16.5 Å².